The first-order chi connectivity index (χ1) is 13.5. The van der Waals surface area contributed by atoms with E-state index in [-0.39, 0.29) is 22.8 Å². The van der Waals surface area contributed by atoms with Gasteiger partial charge in [0.25, 0.3) is 0 Å². The quantitative estimate of drug-likeness (QED) is 0.716. The Labute approximate surface area is 174 Å². The molecule has 0 amide bonds. The summed E-state index contributed by atoms with van der Waals surface area (Å²) in [6.45, 7) is 1.47. The van der Waals surface area contributed by atoms with Crippen LogP contribution in [0.2, 0.25) is 5.02 Å². The summed E-state index contributed by atoms with van der Waals surface area (Å²) in [5.41, 5.74) is 1.26. The highest BCUT2D eigenvalue weighted by atomic mass is 35.5. The summed E-state index contributed by atoms with van der Waals surface area (Å²) >= 11 is 6.17. The number of nitrogens with zero attached hydrogens (tertiary/aromatic N) is 2. The molecule has 3 rings (SSSR count). The summed E-state index contributed by atoms with van der Waals surface area (Å²) in [6.07, 6.45) is 1.11. The van der Waals surface area contributed by atoms with Crippen molar-refractivity contribution in [2.45, 2.75) is 19.4 Å². The van der Waals surface area contributed by atoms with Crippen LogP contribution < -0.4 is 4.72 Å². The molecular formula is C18H19ClFN3O4S2. The highest BCUT2D eigenvalue weighted by Crippen LogP contribution is 2.39. The fourth-order valence-corrected chi connectivity index (χ4v) is 4.97. The number of nitrogens with one attached hydrogen (secondary N) is 1. The minimum atomic E-state index is -3.80. The lowest BCUT2D eigenvalue weighted by atomic mass is 9.98. The van der Waals surface area contributed by atoms with E-state index in [9.17, 15) is 21.2 Å². The second-order valence-electron chi connectivity index (χ2n) is 6.53. The first-order valence-electron chi connectivity index (χ1n) is 8.63. The van der Waals surface area contributed by atoms with Gasteiger partial charge in [0, 0.05) is 22.7 Å². The van der Waals surface area contributed by atoms with Crippen molar-refractivity contribution in [2.75, 3.05) is 16.7 Å². The predicted molar refractivity (Wildman–Crippen MR) is 112 cm³/mol. The van der Waals surface area contributed by atoms with Gasteiger partial charge in [-0.15, -0.1) is 0 Å². The zero-order chi connectivity index (χ0) is 21.4. The van der Waals surface area contributed by atoms with E-state index < -0.39 is 31.9 Å². The van der Waals surface area contributed by atoms with E-state index in [1.807, 2.05) is 0 Å². The van der Waals surface area contributed by atoms with Crippen molar-refractivity contribution >= 4 is 43.0 Å². The van der Waals surface area contributed by atoms with Crippen molar-refractivity contribution in [2.24, 2.45) is 5.10 Å². The molecule has 0 saturated carbocycles. The smallest absolute Gasteiger partial charge is 0.250 e. The van der Waals surface area contributed by atoms with Crippen LogP contribution in [-0.2, 0) is 20.0 Å². The van der Waals surface area contributed by atoms with Gasteiger partial charge in [-0.2, -0.15) is 9.52 Å². The minimum Gasteiger partial charge on any atom is -0.284 e. The maximum absolute atomic E-state index is 14.5. The number of anilines is 1. The highest BCUT2D eigenvalue weighted by molar-refractivity contribution is 7.92. The lowest BCUT2D eigenvalue weighted by molar-refractivity contribution is 0.363. The molecule has 1 aliphatic heterocycles. The Morgan fingerprint density at radius 1 is 1.21 bits per heavy atom. The molecule has 156 valence electrons. The average Bonchev–Trinajstić information content (AvgIpc) is 3.06. The van der Waals surface area contributed by atoms with Crippen LogP contribution in [0.5, 0.6) is 0 Å². The molecule has 1 aliphatic rings. The molecule has 11 heteroatoms. The molecule has 1 heterocycles. The molecule has 0 bridgehead atoms. The van der Waals surface area contributed by atoms with Crippen molar-refractivity contribution in [1.29, 1.82) is 0 Å². The molecule has 1 N–H and O–H groups in total. The van der Waals surface area contributed by atoms with Crippen LogP contribution >= 0.6 is 11.6 Å². The first kappa shape index (κ1) is 21.5. The topological polar surface area (TPSA) is 95.9 Å². The molecule has 0 fully saturated rings. The number of sulfonamides is 2. The standard InChI is InChI=1S/C18H19ClFN3O4S2/c1-3-29(26,27)23-17(18-14(19)8-5-9-15(18)20)11-16(21-23)12-6-4-7-13(10-12)22-28(2,24)25/h4-10,17,22H,3,11H2,1-2H3/t17-/m1/s1. The normalized spacial score (nSPS) is 17.3. The van der Waals surface area contributed by atoms with E-state index >= 15 is 0 Å². The fraction of sp³-hybridized carbons (Fsp3) is 0.278. The zero-order valence-corrected chi connectivity index (χ0v) is 18.0. The van der Waals surface area contributed by atoms with Crippen LogP contribution in [0, 0.1) is 5.82 Å². The van der Waals surface area contributed by atoms with E-state index in [1.165, 1.54) is 25.1 Å². The number of hydrazone groups is 1. The van der Waals surface area contributed by atoms with Gasteiger partial charge in [-0.3, -0.25) is 4.72 Å². The van der Waals surface area contributed by atoms with E-state index in [4.69, 9.17) is 11.6 Å². The van der Waals surface area contributed by atoms with Gasteiger partial charge in [-0.25, -0.2) is 21.2 Å². The Morgan fingerprint density at radius 3 is 2.52 bits per heavy atom. The third kappa shape index (κ3) is 4.71. The molecule has 2 aromatic rings. The molecule has 29 heavy (non-hydrogen) atoms. The summed E-state index contributed by atoms with van der Waals surface area (Å²) in [4.78, 5) is 0. The third-order valence-corrected chi connectivity index (χ3v) is 6.93. The molecule has 0 unspecified atom stereocenters. The molecule has 0 radical (unpaired) electrons. The molecule has 7 nitrogen and oxygen atoms in total. The van der Waals surface area contributed by atoms with Crippen molar-refractivity contribution in [3.8, 4) is 0 Å². The Kier molecular flexibility index (Phi) is 5.88. The lowest BCUT2D eigenvalue weighted by Gasteiger charge is -2.23. The van der Waals surface area contributed by atoms with Gasteiger partial charge >= 0.3 is 0 Å². The zero-order valence-electron chi connectivity index (χ0n) is 15.6. The van der Waals surface area contributed by atoms with Crippen LogP contribution in [0.1, 0.15) is 30.5 Å². The number of halogens is 2. The lowest BCUT2D eigenvalue weighted by Crippen LogP contribution is -2.29. The Bertz CT molecular complexity index is 1160. The second-order valence-corrected chi connectivity index (χ2v) is 10.8. The monoisotopic (exact) mass is 459 g/mol. The van der Waals surface area contributed by atoms with E-state index in [0.29, 0.717) is 17.0 Å². The van der Waals surface area contributed by atoms with Crippen molar-refractivity contribution in [3.05, 3.63) is 64.4 Å². The highest BCUT2D eigenvalue weighted by Gasteiger charge is 2.38. The summed E-state index contributed by atoms with van der Waals surface area (Å²) in [5, 5.41) is 4.34. The predicted octanol–water partition coefficient (Wildman–Crippen LogP) is 3.35. The minimum absolute atomic E-state index is 0.0513. The maximum Gasteiger partial charge on any atom is 0.250 e. The number of benzene rings is 2. The van der Waals surface area contributed by atoms with Crippen LogP contribution in [0.4, 0.5) is 10.1 Å². The van der Waals surface area contributed by atoms with Crippen molar-refractivity contribution in [1.82, 2.24) is 4.41 Å². The van der Waals surface area contributed by atoms with Gasteiger partial charge < -0.3 is 0 Å². The largest absolute Gasteiger partial charge is 0.284 e. The summed E-state index contributed by atoms with van der Waals surface area (Å²) < 4.78 is 65.9. The third-order valence-electron chi connectivity index (χ3n) is 4.35. The Hall–Kier alpha value is -2.17. The second kappa shape index (κ2) is 7.92. The molecule has 2 aromatic carbocycles. The van der Waals surface area contributed by atoms with Crippen LogP contribution in [0.25, 0.3) is 0 Å². The van der Waals surface area contributed by atoms with Crippen LogP contribution in [0.15, 0.2) is 47.6 Å². The number of hydrogen-bond acceptors (Lipinski definition) is 5. The van der Waals surface area contributed by atoms with Crippen molar-refractivity contribution in [3.63, 3.8) is 0 Å². The molecular weight excluding hydrogens is 441 g/mol. The molecule has 1 atom stereocenters. The summed E-state index contributed by atoms with van der Waals surface area (Å²) in [6, 6.07) is 9.61. The summed E-state index contributed by atoms with van der Waals surface area (Å²) in [7, 11) is -7.28. The van der Waals surface area contributed by atoms with E-state index in [0.717, 1.165) is 10.7 Å². The molecule has 0 aromatic heterocycles. The van der Waals surface area contributed by atoms with Gasteiger partial charge in [-0.1, -0.05) is 29.8 Å². The van der Waals surface area contributed by atoms with Crippen molar-refractivity contribution < 1.29 is 21.2 Å². The number of hydrogen-bond donors (Lipinski definition) is 1. The van der Waals surface area contributed by atoms with Gasteiger partial charge in [0.05, 0.1) is 23.8 Å². The summed E-state index contributed by atoms with van der Waals surface area (Å²) in [5.74, 6) is -0.843. The fourth-order valence-electron chi connectivity index (χ4n) is 3.07. The molecule has 0 aliphatic carbocycles. The van der Waals surface area contributed by atoms with E-state index in [1.54, 1.807) is 24.3 Å². The number of rotatable bonds is 6. The SMILES string of the molecule is CCS(=O)(=O)N1N=C(c2cccc(NS(C)(=O)=O)c2)C[C@@H]1c1c(F)cccc1Cl. The van der Waals surface area contributed by atoms with Gasteiger partial charge in [0.2, 0.25) is 20.0 Å². The average molecular weight is 460 g/mol. The Balaban J connectivity index is 2.06. The van der Waals surface area contributed by atoms with E-state index in [2.05, 4.69) is 9.82 Å². The van der Waals surface area contributed by atoms with Crippen LogP contribution in [0.3, 0.4) is 0 Å². The molecule has 0 saturated heterocycles. The Morgan fingerprint density at radius 2 is 1.90 bits per heavy atom. The van der Waals surface area contributed by atoms with Gasteiger partial charge in [0.15, 0.2) is 0 Å². The maximum atomic E-state index is 14.5. The van der Waals surface area contributed by atoms with Crippen LogP contribution in [-0.4, -0.2) is 39.0 Å². The molecule has 0 spiro atoms. The van der Waals surface area contributed by atoms with Gasteiger partial charge in [-0.05, 0) is 36.8 Å². The first-order valence-corrected chi connectivity index (χ1v) is 12.5. The van der Waals surface area contributed by atoms with Gasteiger partial charge in [0.1, 0.15) is 5.82 Å².